The number of hydrogen-bond acceptors (Lipinski definition) is 5. The van der Waals surface area contributed by atoms with Gasteiger partial charge >= 0.3 is 5.97 Å². The van der Waals surface area contributed by atoms with E-state index in [4.69, 9.17) is 4.74 Å². The smallest absolute Gasteiger partial charge is 0.306 e. The molecule has 5 heteroatoms. The number of ketones is 1. The number of carbonyl (C=O) groups is 2. The van der Waals surface area contributed by atoms with Gasteiger partial charge in [0.2, 0.25) is 0 Å². The first-order chi connectivity index (χ1) is 13.9. The van der Waals surface area contributed by atoms with E-state index in [0.29, 0.717) is 23.8 Å². The number of allylic oxidation sites excluding steroid dienone is 4. The molecule has 0 radical (unpaired) electrons. The highest BCUT2D eigenvalue weighted by Gasteiger charge is 2.49. The lowest BCUT2D eigenvalue weighted by Gasteiger charge is -2.34. The fraction of sp³-hybridized carbons (Fsp3) is 0.750. The number of cyclic esters (lactones) is 1. The third-order valence-electron chi connectivity index (χ3n) is 7.84. The molecule has 0 aromatic rings. The number of aliphatic hydroxyl groups excluding tert-OH is 2. The van der Waals surface area contributed by atoms with Gasteiger partial charge in [0, 0.05) is 11.8 Å². The molecule has 2 fully saturated rings. The van der Waals surface area contributed by atoms with E-state index in [0.717, 1.165) is 32.1 Å². The average molecular weight is 403 g/mol. The van der Waals surface area contributed by atoms with Crippen molar-refractivity contribution in [1.82, 2.24) is 0 Å². The second kappa shape index (κ2) is 8.35. The summed E-state index contributed by atoms with van der Waals surface area (Å²) in [5.41, 5.74) is 0.698. The Balaban J connectivity index is 1.65. The minimum absolute atomic E-state index is 0.0270. The van der Waals surface area contributed by atoms with Crippen LogP contribution in [-0.4, -0.2) is 40.3 Å². The van der Waals surface area contributed by atoms with Gasteiger partial charge in [-0.1, -0.05) is 32.1 Å². The Kier molecular flexibility index (Phi) is 5.99. The van der Waals surface area contributed by atoms with E-state index >= 15 is 0 Å². The van der Waals surface area contributed by atoms with E-state index < -0.39 is 12.0 Å². The highest BCUT2D eigenvalue weighted by Crippen LogP contribution is 2.53. The molecule has 0 amide bonds. The third kappa shape index (κ3) is 3.96. The van der Waals surface area contributed by atoms with E-state index in [2.05, 4.69) is 18.2 Å². The van der Waals surface area contributed by atoms with Crippen molar-refractivity contribution in [3.8, 4) is 0 Å². The molecular weight excluding hydrogens is 368 g/mol. The maximum Gasteiger partial charge on any atom is 0.306 e. The van der Waals surface area contributed by atoms with E-state index in [1.165, 1.54) is 0 Å². The van der Waals surface area contributed by atoms with Gasteiger partial charge in [0.15, 0.2) is 5.78 Å². The molecule has 1 aliphatic heterocycles. The number of rotatable bonds is 1. The van der Waals surface area contributed by atoms with Crippen LogP contribution in [0.5, 0.6) is 0 Å². The van der Waals surface area contributed by atoms with Gasteiger partial charge < -0.3 is 14.9 Å². The van der Waals surface area contributed by atoms with Gasteiger partial charge in [0.25, 0.3) is 0 Å². The van der Waals surface area contributed by atoms with Gasteiger partial charge in [-0.3, -0.25) is 9.59 Å². The molecule has 160 valence electrons. The van der Waals surface area contributed by atoms with E-state index in [1.54, 1.807) is 0 Å². The van der Waals surface area contributed by atoms with Crippen molar-refractivity contribution in [2.24, 2.45) is 35.5 Å². The maximum atomic E-state index is 13.3. The molecule has 3 aliphatic carbocycles. The van der Waals surface area contributed by atoms with E-state index in [9.17, 15) is 19.8 Å². The van der Waals surface area contributed by atoms with Crippen molar-refractivity contribution < 1.29 is 24.5 Å². The van der Waals surface area contributed by atoms with Crippen LogP contribution in [-0.2, 0) is 14.3 Å². The van der Waals surface area contributed by atoms with Crippen LogP contribution < -0.4 is 0 Å². The Hall–Kier alpha value is -1.46. The molecule has 4 aliphatic rings. The molecule has 29 heavy (non-hydrogen) atoms. The molecule has 0 bridgehead atoms. The monoisotopic (exact) mass is 402 g/mol. The summed E-state index contributed by atoms with van der Waals surface area (Å²) in [5, 5.41) is 20.8. The summed E-state index contributed by atoms with van der Waals surface area (Å²) in [7, 11) is 0. The van der Waals surface area contributed by atoms with Gasteiger partial charge in [0.05, 0.1) is 18.6 Å². The summed E-state index contributed by atoms with van der Waals surface area (Å²) in [6.45, 7) is 3.82. The van der Waals surface area contributed by atoms with Crippen molar-refractivity contribution in [1.29, 1.82) is 0 Å². The minimum Gasteiger partial charge on any atom is -0.462 e. The van der Waals surface area contributed by atoms with Crippen LogP contribution in [0.25, 0.3) is 0 Å². The van der Waals surface area contributed by atoms with Gasteiger partial charge in [-0.25, -0.2) is 0 Å². The molecule has 9 atom stereocenters. The van der Waals surface area contributed by atoms with Crippen molar-refractivity contribution in [2.75, 3.05) is 0 Å². The van der Waals surface area contributed by atoms with Gasteiger partial charge in [-0.05, 0) is 67.8 Å². The summed E-state index contributed by atoms with van der Waals surface area (Å²) >= 11 is 0. The highest BCUT2D eigenvalue weighted by molar-refractivity contribution is 5.99. The van der Waals surface area contributed by atoms with Crippen LogP contribution in [0.15, 0.2) is 23.8 Å². The second-order valence-electron chi connectivity index (χ2n) is 9.60. The molecule has 4 rings (SSSR count). The molecule has 5 nitrogen and oxygen atoms in total. The van der Waals surface area contributed by atoms with E-state index in [-0.39, 0.29) is 48.1 Å². The van der Waals surface area contributed by atoms with Crippen molar-refractivity contribution in [2.45, 2.75) is 77.1 Å². The Morgan fingerprint density at radius 1 is 1.10 bits per heavy atom. The first-order valence-corrected chi connectivity index (χ1v) is 11.4. The van der Waals surface area contributed by atoms with Crippen LogP contribution in [0, 0.1) is 35.5 Å². The summed E-state index contributed by atoms with van der Waals surface area (Å²) < 4.78 is 5.74. The van der Waals surface area contributed by atoms with E-state index in [1.807, 2.05) is 13.8 Å². The van der Waals surface area contributed by atoms with Gasteiger partial charge in [0.1, 0.15) is 6.10 Å². The molecule has 0 aromatic carbocycles. The summed E-state index contributed by atoms with van der Waals surface area (Å²) in [6, 6.07) is 0. The molecule has 1 saturated heterocycles. The highest BCUT2D eigenvalue weighted by atomic mass is 16.5. The van der Waals surface area contributed by atoms with Gasteiger partial charge in [-0.2, -0.15) is 0 Å². The first kappa shape index (κ1) is 20.8. The Morgan fingerprint density at radius 2 is 1.90 bits per heavy atom. The molecule has 0 aromatic heterocycles. The summed E-state index contributed by atoms with van der Waals surface area (Å²) in [5.74, 6) is 0.0330. The summed E-state index contributed by atoms with van der Waals surface area (Å²) in [6.07, 6.45) is 9.87. The Labute approximate surface area is 173 Å². The number of Topliss-reactive ketones (excluding diaryl/α,β-unsaturated/α-hetero) is 1. The topological polar surface area (TPSA) is 83.8 Å². The van der Waals surface area contributed by atoms with Crippen LogP contribution in [0.1, 0.15) is 58.8 Å². The molecule has 1 saturated carbocycles. The molecule has 0 unspecified atom stereocenters. The Bertz CT molecular complexity index is 710. The van der Waals surface area contributed by atoms with Crippen molar-refractivity contribution >= 4 is 11.8 Å². The zero-order chi connectivity index (χ0) is 20.7. The predicted molar refractivity (Wildman–Crippen MR) is 109 cm³/mol. The average Bonchev–Trinajstić information content (AvgIpc) is 3.24. The van der Waals surface area contributed by atoms with Crippen LogP contribution in [0.4, 0.5) is 0 Å². The number of hydrogen-bond donors (Lipinski definition) is 2. The first-order valence-electron chi connectivity index (χ1n) is 11.4. The summed E-state index contributed by atoms with van der Waals surface area (Å²) in [4.78, 5) is 26.1. The minimum atomic E-state index is -0.670. The van der Waals surface area contributed by atoms with Crippen LogP contribution in [0.2, 0.25) is 0 Å². The fourth-order valence-electron chi connectivity index (χ4n) is 6.11. The SMILES string of the molecule is CC[C@@H]1CCC[C@H](O)[C@H](C)C(=O)C2=C[C@@H]3[C@@H](C=C[C@@H]4C[C@@H](O)C[C@@H]34)[C@@H]2CC(=O)O1. The zero-order valence-electron chi connectivity index (χ0n) is 17.5. The number of ether oxygens (including phenoxy) is 1. The predicted octanol–water partition coefficient (Wildman–Crippen LogP) is 3.19. The number of carbonyl (C=O) groups excluding carboxylic acids is 2. The Morgan fingerprint density at radius 3 is 2.66 bits per heavy atom. The third-order valence-corrected chi connectivity index (χ3v) is 7.84. The number of fused-ring (bicyclic) bond motifs is 5. The van der Waals surface area contributed by atoms with Crippen molar-refractivity contribution in [3.63, 3.8) is 0 Å². The largest absolute Gasteiger partial charge is 0.462 e. The van der Waals surface area contributed by atoms with Gasteiger partial charge in [-0.15, -0.1) is 0 Å². The lowest BCUT2D eigenvalue weighted by atomic mass is 9.70. The molecule has 0 spiro atoms. The van der Waals surface area contributed by atoms with Crippen molar-refractivity contribution in [3.05, 3.63) is 23.8 Å². The number of aliphatic hydroxyl groups is 2. The van der Waals surface area contributed by atoms with Crippen LogP contribution in [0.3, 0.4) is 0 Å². The number of esters is 1. The normalized spacial score (nSPS) is 45.4. The zero-order valence-corrected chi connectivity index (χ0v) is 17.5. The molecular formula is C24H34O5. The maximum absolute atomic E-state index is 13.3. The molecule has 2 N–H and O–H groups in total. The lowest BCUT2D eigenvalue weighted by molar-refractivity contribution is -0.151. The standard InChI is InChI=1S/C24H34O5/c1-3-16-5-4-6-22(26)13(2)24(28)21-11-19-17(20(21)12-23(27)29-16)8-7-14-9-15(25)10-18(14)19/h7-8,11,13-20,22,25-26H,3-6,9-10,12H2,1-2H3/t13-,14+,15+,16+,17+,18+,19+,20-,22-/m0/s1. The quantitative estimate of drug-likeness (QED) is 0.520. The van der Waals surface area contributed by atoms with Crippen LogP contribution >= 0.6 is 0 Å². The fourth-order valence-corrected chi connectivity index (χ4v) is 6.11. The second-order valence-corrected chi connectivity index (χ2v) is 9.60. The molecule has 1 heterocycles. The lowest BCUT2D eigenvalue weighted by Crippen LogP contribution is -2.33.